The van der Waals surface area contributed by atoms with Crippen LogP contribution in [0, 0.1) is 23.7 Å². The zero-order chi connectivity index (χ0) is 17.0. The molecule has 4 rings (SSSR count). The van der Waals surface area contributed by atoms with Crippen LogP contribution < -0.4 is 0 Å². The molecule has 0 aromatic carbocycles. The van der Waals surface area contributed by atoms with Crippen LogP contribution in [0.15, 0.2) is 0 Å². The van der Waals surface area contributed by atoms with Gasteiger partial charge in [-0.1, -0.05) is 38.3 Å². The number of likely N-dealkylation sites (tertiary alicyclic amines) is 1. The summed E-state index contributed by atoms with van der Waals surface area (Å²) in [6, 6.07) is 0. The number of carbonyl (C=O) groups is 3. The van der Waals surface area contributed by atoms with Crippen LogP contribution in [0.5, 0.6) is 0 Å². The maximum atomic E-state index is 12.7. The van der Waals surface area contributed by atoms with E-state index in [0.29, 0.717) is 0 Å². The molecule has 6 atom stereocenters. The lowest BCUT2D eigenvalue weighted by molar-refractivity contribution is -0.158. The highest BCUT2D eigenvalue weighted by molar-refractivity contribution is 9.12. The summed E-state index contributed by atoms with van der Waals surface area (Å²) < 4.78 is 5.48. The molecule has 132 valence electrons. The smallest absolute Gasteiger partial charge is 0.326 e. The van der Waals surface area contributed by atoms with Gasteiger partial charge in [-0.25, -0.2) is 0 Å². The lowest BCUT2D eigenvalue weighted by atomic mass is 9.81. The standard InChI is InChI=1S/C17H21Br2NO4/c18-14-9-6-10(15(14)19)13-12(9)16(22)20(17(13)23)7-11(21)24-8-4-2-1-3-5-8/h8-10,12-15H,1-7H2. The van der Waals surface area contributed by atoms with Crippen LogP contribution in [0.4, 0.5) is 0 Å². The fraction of sp³-hybridized carbons (Fsp3) is 0.824. The molecule has 2 amide bonds. The van der Waals surface area contributed by atoms with Gasteiger partial charge in [0.2, 0.25) is 11.8 Å². The third kappa shape index (κ3) is 2.57. The predicted molar refractivity (Wildman–Crippen MR) is 93.7 cm³/mol. The van der Waals surface area contributed by atoms with Crippen LogP contribution in [0.3, 0.4) is 0 Å². The third-order valence-electron chi connectivity index (χ3n) is 6.22. The highest BCUT2D eigenvalue weighted by atomic mass is 79.9. The molecule has 0 spiro atoms. The Morgan fingerprint density at radius 3 is 2.08 bits per heavy atom. The molecule has 1 heterocycles. The lowest BCUT2D eigenvalue weighted by Gasteiger charge is -2.28. The number of esters is 1. The van der Waals surface area contributed by atoms with Crippen molar-refractivity contribution < 1.29 is 19.1 Å². The van der Waals surface area contributed by atoms with Crippen LogP contribution >= 0.6 is 31.9 Å². The van der Waals surface area contributed by atoms with E-state index in [-0.39, 0.29) is 57.8 Å². The van der Waals surface area contributed by atoms with E-state index >= 15 is 0 Å². The van der Waals surface area contributed by atoms with E-state index < -0.39 is 5.97 Å². The molecule has 2 bridgehead atoms. The van der Waals surface area contributed by atoms with Crippen molar-refractivity contribution in [1.29, 1.82) is 0 Å². The molecule has 3 saturated carbocycles. The monoisotopic (exact) mass is 461 g/mol. The summed E-state index contributed by atoms with van der Waals surface area (Å²) in [4.78, 5) is 39.2. The van der Waals surface area contributed by atoms with Crippen molar-refractivity contribution in [2.75, 3.05) is 6.54 Å². The van der Waals surface area contributed by atoms with Crippen LogP contribution in [-0.4, -0.2) is 45.0 Å². The van der Waals surface area contributed by atoms with Crippen molar-refractivity contribution in [2.24, 2.45) is 23.7 Å². The van der Waals surface area contributed by atoms with E-state index in [1.54, 1.807) is 0 Å². The predicted octanol–water partition coefficient (Wildman–Crippen LogP) is 2.64. The largest absolute Gasteiger partial charge is 0.461 e. The minimum absolute atomic E-state index is 0.0476. The molecule has 0 radical (unpaired) electrons. The van der Waals surface area contributed by atoms with E-state index in [1.165, 1.54) is 6.42 Å². The molecule has 4 aliphatic rings. The molecule has 3 aliphatic carbocycles. The second-order valence-corrected chi connectivity index (χ2v) is 9.63. The van der Waals surface area contributed by atoms with Gasteiger partial charge in [-0.15, -0.1) is 0 Å². The SMILES string of the molecule is O=C(CN1C(=O)C2C3CC(C(Br)C3Br)C2C1=O)OC1CCCCC1. The quantitative estimate of drug-likeness (QED) is 0.367. The van der Waals surface area contributed by atoms with Crippen molar-refractivity contribution in [2.45, 2.75) is 54.3 Å². The Labute approximate surface area is 158 Å². The Hall–Kier alpha value is -0.430. The first-order valence-electron chi connectivity index (χ1n) is 8.82. The number of hydrogen-bond acceptors (Lipinski definition) is 4. The Bertz CT molecular complexity index is 545. The van der Waals surface area contributed by atoms with Gasteiger partial charge in [-0.2, -0.15) is 0 Å². The molecule has 0 N–H and O–H groups in total. The van der Waals surface area contributed by atoms with E-state index in [4.69, 9.17) is 4.74 Å². The summed E-state index contributed by atoms with van der Waals surface area (Å²) in [5, 5.41) is 0. The summed E-state index contributed by atoms with van der Waals surface area (Å²) in [6.07, 6.45) is 5.97. The summed E-state index contributed by atoms with van der Waals surface area (Å²) in [7, 11) is 0. The van der Waals surface area contributed by atoms with Crippen molar-refractivity contribution in [3.8, 4) is 0 Å². The van der Waals surface area contributed by atoms with Crippen molar-refractivity contribution in [3.63, 3.8) is 0 Å². The number of hydrogen-bond donors (Lipinski definition) is 0. The first kappa shape index (κ1) is 17.0. The van der Waals surface area contributed by atoms with E-state index in [2.05, 4.69) is 31.9 Å². The molecule has 0 aromatic heterocycles. The Balaban J connectivity index is 1.43. The number of nitrogens with zero attached hydrogens (tertiary/aromatic N) is 1. The minimum atomic E-state index is -0.443. The molecule has 5 nitrogen and oxygen atoms in total. The normalized spacial score (nSPS) is 41.8. The van der Waals surface area contributed by atoms with E-state index in [9.17, 15) is 14.4 Å². The number of amides is 2. The van der Waals surface area contributed by atoms with Crippen LogP contribution in [0.1, 0.15) is 38.5 Å². The number of ether oxygens (including phenoxy) is 1. The highest BCUT2D eigenvalue weighted by Crippen LogP contribution is 2.60. The summed E-state index contributed by atoms with van der Waals surface area (Å²) in [5.74, 6) is -0.961. The van der Waals surface area contributed by atoms with Crippen LogP contribution in [-0.2, 0) is 19.1 Å². The van der Waals surface area contributed by atoms with Crippen molar-refractivity contribution >= 4 is 49.6 Å². The summed E-state index contributed by atoms with van der Waals surface area (Å²) in [5.41, 5.74) is 0. The summed E-state index contributed by atoms with van der Waals surface area (Å²) >= 11 is 7.32. The van der Waals surface area contributed by atoms with E-state index in [1.807, 2.05) is 0 Å². The van der Waals surface area contributed by atoms with Gasteiger partial charge in [-0.05, 0) is 43.9 Å². The second-order valence-electron chi connectivity index (χ2n) is 7.52. The number of rotatable bonds is 3. The molecule has 1 aliphatic heterocycles. The average Bonchev–Trinajstić information content (AvgIpc) is 3.16. The van der Waals surface area contributed by atoms with E-state index in [0.717, 1.165) is 37.0 Å². The third-order valence-corrected chi connectivity index (χ3v) is 9.42. The molecular formula is C17H21Br2NO4. The number of fused-ring (bicyclic) bond motifs is 5. The van der Waals surface area contributed by atoms with Gasteiger partial charge >= 0.3 is 5.97 Å². The molecule has 1 saturated heterocycles. The van der Waals surface area contributed by atoms with Gasteiger partial charge in [0.1, 0.15) is 12.6 Å². The van der Waals surface area contributed by atoms with Gasteiger partial charge in [0.15, 0.2) is 0 Å². The zero-order valence-electron chi connectivity index (χ0n) is 13.3. The van der Waals surface area contributed by atoms with Crippen LogP contribution in [0.2, 0.25) is 0 Å². The van der Waals surface area contributed by atoms with Crippen molar-refractivity contribution in [3.05, 3.63) is 0 Å². The number of imide groups is 1. The first-order chi connectivity index (χ1) is 11.5. The highest BCUT2D eigenvalue weighted by Gasteiger charge is 2.66. The van der Waals surface area contributed by atoms with Crippen molar-refractivity contribution in [1.82, 2.24) is 4.90 Å². The maximum absolute atomic E-state index is 12.7. The zero-order valence-corrected chi connectivity index (χ0v) is 16.5. The number of halogens is 2. The molecule has 4 fully saturated rings. The van der Waals surface area contributed by atoms with Gasteiger partial charge < -0.3 is 4.74 Å². The molecular weight excluding hydrogens is 442 g/mol. The molecule has 0 aromatic rings. The Morgan fingerprint density at radius 2 is 1.54 bits per heavy atom. The fourth-order valence-corrected chi connectivity index (χ4v) is 6.98. The molecule has 6 unspecified atom stereocenters. The van der Waals surface area contributed by atoms with Crippen LogP contribution in [0.25, 0.3) is 0 Å². The Morgan fingerprint density at radius 1 is 1.00 bits per heavy atom. The molecule has 7 heteroatoms. The first-order valence-corrected chi connectivity index (χ1v) is 10.6. The second kappa shape index (κ2) is 6.38. The Kier molecular flexibility index (Phi) is 4.52. The van der Waals surface area contributed by atoms with Gasteiger partial charge in [-0.3, -0.25) is 19.3 Å². The average molecular weight is 463 g/mol. The lowest BCUT2D eigenvalue weighted by Crippen LogP contribution is -2.39. The minimum Gasteiger partial charge on any atom is -0.461 e. The topological polar surface area (TPSA) is 63.7 Å². The maximum Gasteiger partial charge on any atom is 0.326 e. The number of carbonyl (C=O) groups excluding carboxylic acids is 3. The summed E-state index contributed by atoms with van der Waals surface area (Å²) in [6.45, 7) is -0.222. The fourth-order valence-electron chi connectivity index (χ4n) is 5.10. The number of alkyl halides is 2. The molecule has 24 heavy (non-hydrogen) atoms. The van der Waals surface area contributed by atoms with Gasteiger partial charge in [0.05, 0.1) is 11.8 Å². The van der Waals surface area contributed by atoms with Gasteiger partial charge in [0, 0.05) is 9.65 Å². The van der Waals surface area contributed by atoms with Gasteiger partial charge in [0.25, 0.3) is 0 Å².